The average Bonchev–Trinajstić information content (AvgIpc) is 2.74. The lowest BCUT2D eigenvalue weighted by molar-refractivity contribution is -0.119. The molecule has 0 aliphatic rings. The number of amides is 2. The Kier molecular flexibility index (Phi) is 9.86. The summed E-state index contributed by atoms with van der Waals surface area (Å²) in [5.41, 5.74) is 1.95. The monoisotopic (exact) mass is 497 g/mol. The summed E-state index contributed by atoms with van der Waals surface area (Å²) in [6.07, 6.45) is 1.82. The van der Waals surface area contributed by atoms with Crippen LogP contribution in [-0.4, -0.2) is 64.3 Å². The van der Waals surface area contributed by atoms with Gasteiger partial charge in [0.15, 0.2) is 0 Å². The van der Waals surface area contributed by atoms with Crippen LogP contribution < -0.4 is 9.62 Å². The molecule has 0 bridgehead atoms. The van der Waals surface area contributed by atoms with Crippen molar-refractivity contribution >= 4 is 50.9 Å². The molecule has 7 nitrogen and oxygen atoms in total. The molecule has 2 amide bonds. The Bertz CT molecular complexity index is 1010. The van der Waals surface area contributed by atoms with Crippen molar-refractivity contribution in [2.24, 2.45) is 0 Å². The lowest BCUT2D eigenvalue weighted by atomic mass is 10.2. The molecule has 0 heterocycles. The zero-order chi connectivity index (χ0) is 23.7. The van der Waals surface area contributed by atoms with Crippen LogP contribution in [0.3, 0.4) is 0 Å². The lowest BCUT2D eigenvalue weighted by Gasteiger charge is -2.22. The smallest absolute Gasteiger partial charge is 0.253 e. The molecular formula is C22H28ClN3O4S2. The van der Waals surface area contributed by atoms with E-state index in [1.54, 1.807) is 38.0 Å². The topological polar surface area (TPSA) is 86.8 Å². The van der Waals surface area contributed by atoms with Gasteiger partial charge in [0.2, 0.25) is 15.9 Å². The van der Waals surface area contributed by atoms with E-state index in [1.165, 1.54) is 22.6 Å². The Balaban J connectivity index is 1.82. The molecule has 0 atom stereocenters. The van der Waals surface area contributed by atoms with E-state index in [0.717, 1.165) is 28.5 Å². The second kappa shape index (κ2) is 12.1. The summed E-state index contributed by atoms with van der Waals surface area (Å²) in [7, 11) is -0.395. The number of sulfonamides is 1. The summed E-state index contributed by atoms with van der Waals surface area (Å²) >= 11 is 7.63. The molecule has 0 saturated heterocycles. The van der Waals surface area contributed by atoms with Crippen molar-refractivity contribution in [1.82, 2.24) is 10.2 Å². The van der Waals surface area contributed by atoms with E-state index in [1.807, 2.05) is 24.3 Å². The first kappa shape index (κ1) is 26.0. The number of hydrogen-bond acceptors (Lipinski definition) is 5. The third-order valence-corrected chi connectivity index (χ3v) is 6.97. The molecule has 0 aliphatic carbocycles. The zero-order valence-electron chi connectivity index (χ0n) is 18.4. The average molecular weight is 498 g/mol. The highest BCUT2D eigenvalue weighted by Crippen LogP contribution is 2.19. The molecule has 32 heavy (non-hydrogen) atoms. The second-order valence-electron chi connectivity index (χ2n) is 7.40. The van der Waals surface area contributed by atoms with E-state index in [2.05, 4.69) is 5.32 Å². The number of hydrogen-bond donors (Lipinski definition) is 1. The number of nitrogens with zero attached hydrogens (tertiary/aromatic N) is 2. The summed E-state index contributed by atoms with van der Waals surface area (Å²) < 4.78 is 25.5. The Morgan fingerprint density at radius 2 is 1.66 bits per heavy atom. The highest BCUT2D eigenvalue weighted by molar-refractivity contribution is 7.98. The lowest BCUT2D eigenvalue weighted by Crippen LogP contribution is -2.40. The van der Waals surface area contributed by atoms with Gasteiger partial charge in [0.05, 0.1) is 11.9 Å². The second-order valence-corrected chi connectivity index (χ2v) is 10.8. The van der Waals surface area contributed by atoms with E-state index in [0.29, 0.717) is 22.8 Å². The minimum absolute atomic E-state index is 0.186. The van der Waals surface area contributed by atoms with Crippen LogP contribution >= 0.6 is 23.4 Å². The molecule has 174 valence electrons. The third kappa shape index (κ3) is 8.37. The van der Waals surface area contributed by atoms with Gasteiger partial charge in [-0.1, -0.05) is 23.7 Å². The van der Waals surface area contributed by atoms with Crippen molar-refractivity contribution < 1.29 is 18.0 Å². The van der Waals surface area contributed by atoms with Gasteiger partial charge in [-0.25, -0.2) is 8.42 Å². The van der Waals surface area contributed by atoms with Crippen molar-refractivity contribution in [1.29, 1.82) is 0 Å². The van der Waals surface area contributed by atoms with Crippen LogP contribution in [0.2, 0.25) is 5.02 Å². The van der Waals surface area contributed by atoms with Crippen LogP contribution in [0.25, 0.3) is 0 Å². The molecule has 0 unspecified atom stereocenters. The Morgan fingerprint density at radius 1 is 1.03 bits per heavy atom. The van der Waals surface area contributed by atoms with Gasteiger partial charge in [-0.15, -0.1) is 0 Å². The highest BCUT2D eigenvalue weighted by atomic mass is 35.5. The number of carbonyl (C=O) groups is 2. The van der Waals surface area contributed by atoms with Gasteiger partial charge in [0.1, 0.15) is 6.54 Å². The van der Waals surface area contributed by atoms with E-state index < -0.39 is 10.0 Å². The summed E-state index contributed by atoms with van der Waals surface area (Å²) in [6, 6.07) is 13.8. The Morgan fingerprint density at radius 3 is 2.22 bits per heavy atom. The molecule has 0 radical (unpaired) electrons. The molecule has 0 fully saturated rings. The molecule has 0 aliphatic heterocycles. The molecule has 2 aromatic rings. The number of nitrogens with one attached hydrogen (secondary N) is 1. The maximum absolute atomic E-state index is 12.3. The van der Waals surface area contributed by atoms with Crippen LogP contribution in [0.5, 0.6) is 0 Å². The Labute approximate surface area is 199 Å². The van der Waals surface area contributed by atoms with Crippen molar-refractivity contribution in [2.75, 3.05) is 43.5 Å². The van der Waals surface area contributed by atoms with Crippen LogP contribution in [0, 0.1) is 0 Å². The molecule has 0 spiro atoms. The van der Waals surface area contributed by atoms with Crippen molar-refractivity contribution in [3.8, 4) is 0 Å². The van der Waals surface area contributed by atoms with Crippen molar-refractivity contribution in [3.05, 3.63) is 64.7 Å². The van der Waals surface area contributed by atoms with E-state index >= 15 is 0 Å². The van der Waals surface area contributed by atoms with Gasteiger partial charge in [-0.3, -0.25) is 13.9 Å². The summed E-state index contributed by atoms with van der Waals surface area (Å²) in [6.45, 7) is 0.137. The standard InChI is InChI=1S/C22H28ClN3O4S2/c1-25(2)22(28)18-7-11-20(12-8-18)26(32(3,29)30)15-21(27)24-13-4-14-31-16-17-5-9-19(23)10-6-17/h5-12H,4,13-16H2,1-3H3,(H,24,27). The minimum atomic E-state index is -3.67. The normalized spacial score (nSPS) is 11.1. The van der Waals surface area contributed by atoms with Gasteiger partial charge in [0.25, 0.3) is 5.91 Å². The number of rotatable bonds is 11. The fourth-order valence-electron chi connectivity index (χ4n) is 2.79. The molecule has 2 aromatic carbocycles. The number of halogens is 1. The zero-order valence-corrected chi connectivity index (χ0v) is 20.8. The first-order valence-corrected chi connectivity index (χ1v) is 13.3. The predicted molar refractivity (Wildman–Crippen MR) is 132 cm³/mol. The van der Waals surface area contributed by atoms with Gasteiger partial charge in [-0.2, -0.15) is 11.8 Å². The fourth-order valence-corrected chi connectivity index (χ4v) is 4.69. The molecule has 1 N–H and O–H groups in total. The van der Waals surface area contributed by atoms with Crippen molar-refractivity contribution in [3.63, 3.8) is 0 Å². The number of carbonyl (C=O) groups excluding carboxylic acids is 2. The molecular weight excluding hydrogens is 470 g/mol. The van der Waals surface area contributed by atoms with Gasteiger partial charge < -0.3 is 10.2 Å². The van der Waals surface area contributed by atoms with E-state index in [9.17, 15) is 18.0 Å². The van der Waals surface area contributed by atoms with E-state index in [4.69, 9.17) is 11.6 Å². The van der Waals surface area contributed by atoms with Crippen LogP contribution in [-0.2, 0) is 20.6 Å². The quantitative estimate of drug-likeness (QED) is 0.481. The third-order valence-electron chi connectivity index (χ3n) is 4.47. The minimum Gasteiger partial charge on any atom is -0.354 e. The Hall–Kier alpha value is -2.23. The van der Waals surface area contributed by atoms with Gasteiger partial charge in [0, 0.05) is 37.0 Å². The van der Waals surface area contributed by atoms with Crippen LogP contribution in [0.1, 0.15) is 22.3 Å². The fraction of sp³-hybridized carbons (Fsp3) is 0.364. The largest absolute Gasteiger partial charge is 0.354 e. The number of thioether (sulfide) groups is 1. The molecule has 0 saturated carbocycles. The van der Waals surface area contributed by atoms with Gasteiger partial charge >= 0.3 is 0 Å². The van der Waals surface area contributed by atoms with E-state index in [-0.39, 0.29) is 18.4 Å². The first-order valence-electron chi connectivity index (χ1n) is 9.96. The van der Waals surface area contributed by atoms with Crippen LogP contribution in [0.4, 0.5) is 5.69 Å². The predicted octanol–water partition coefficient (Wildman–Crippen LogP) is 3.25. The van der Waals surface area contributed by atoms with Crippen LogP contribution in [0.15, 0.2) is 48.5 Å². The maximum atomic E-state index is 12.3. The SMILES string of the molecule is CN(C)C(=O)c1ccc(N(CC(=O)NCCCSCc2ccc(Cl)cc2)S(C)(=O)=O)cc1. The number of benzene rings is 2. The van der Waals surface area contributed by atoms with Crippen molar-refractivity contribution in [2.45, 2.75) is 12.2 Å². The molecule has 0 aromatic heterocycles. The maximum Gasteiger partial charge on any atom is 0.253 e. The summed E-state index contributed by atoms with van der Waals surface area (Å²) in [5.74, 6) is 1.15. The van der Waals surface area contributed by atoms with Gasteiger partial charge in [-0.05, 0) is 54.1 Å². The highest BCUT2D eigenvalue weighted by Gasteiger charge is 2.21. The number of anilines is 1. The molecule has 2 rings (SSSR count). The summed E-state index contributed by atoms with van der Waals surface area (Å²) in [5, 5.41) is 3.48. The molecule has 10 heteroatoms. The first-order chi connectivity index (χ1) is 15.1. The summed E-state index contributed by atoms with van der Waals surface area (Å²) in [4.78, 5) is 25.8.